The van der Waals surface area contributed by atoms with Crippen LogP contribution in [0.25, 0.3) is 0 Å². The standard InChI is InChI=1S/C26H25Cl2FN4O4S/c27-19-11-12-22(31-26(35)30-21-8-4-7-20(29)23(21)28)24(34)25(19)38(36,37)33-17-9-10-18(33)15-32(14-17)13-16-5-2-1-3-6-16/h1-8,11-12,17-18,34H,9-10,13-15H2,(H2,30,31,35). The Bertz CT molecular complexity index is 1460. The molecule has 2 aliphatic rings. The fourth-order valence-corrected chi connectivity index (χ4v) is 7.82. The number of phenolic OH excluding ortho intramolecular Hbond substituents is 1. The van der Waals surface area contributed by atoms with Crippen molar-refractivity contribution in [1.29, 1.82) is 0 Å². The maximum absolute atomic E-state index is 13.8. The Hall–Kier alpha value is -2.89. The molecule has 3 aromatic rings. The lowest BCUT2D eigenvalue weighted by atomic mass is 10.1. The Morgan fingerprint density at radius 3 is 2.29 bits per heavy atom. The molecule has 2 saturated heterocycles. The quantitative estimate of drug-likeness (QED) is 0.334. The number of nitrogens with one attached hydrogen (secondary N) is 2. The summed E-state index contributed by atoms with van der Waals surface area (Å²) >= 11 is 12.2. The Morgan fingerprint density at radius 2 is 1.61 bits per heavy atom. The van der Waals surface area contributed by atoms with Crippen LogP contribution in [0.1, 0.15) is 18.4 Å². The zero-order valence-corrected chi connectivity index (χ0v) is 22.4. The van der Waals surface area contributed by atoms with Gasteiger partial charge in [0.2, 0.25) is 10.0 Å². The minimum atomic E-state index is -4.20. The number of carbonyl (C=O) groups excluding carboxylic acids is 1. The average Bonchev–Trinajstić information content (AvgIpc) is 3.16. The van der Waals surface area contributed by atoms with Crippen molar-refractivity contribution >= 4 is 50.6 Å². The van der Waals surface area contributed by atoms with Gasteiger partial charge in [0, 0.05) is 31.7 Å². The number of likely N-dealkylation sites (tertiary alicyclic amines) is 1. The maximum Gasteiger partial charge on any atom is 0.323 e. The van der Waals surface area contributed by atoms with Crippen LogP contribution in [0.15, 0.2) is 65.6 Å². The van der Waals surface area contributed by atoms with Gasteiger partial charge in [0.1, 0.15) is 10.7 Å². The molecule has 12 heteroatoms. The number of hydrogen-bond donors (Lipinski definition) is 3. The van der Waals surface area contributed by atoms with E-state index in [1.165, 1.54) is 28.6 Å². The summed E-state index contributed by atoms with van der Waals surface area (Å²) in [6.45, 7) is 1.83. The number of fused-ring (bicyclic) bond motifs is 2. The Balaban J connectivity index is 1.36. The van der Waals surface area contributed by atoms with Crippen LogP contribution in [-0.2, 0) is 16.6 Å². The van der Waals surface area contributed by atoms with E-state index >= 15 is 0 Å². The molecule has 38 heavy (non-hydrogen) atoms. The molecule has 200 valence electrons. The highest BCUT2D eigenvalue weighted by molar-refractivity contribution is 7.89. The number of anilines is 2. The lowest BCUT2D eigenvalue weighted by Gasteiger charge is -2.40. The Kier molecular flexibility index (Phi) is 7.52. The van der Waals surface area contributed by atoms with Crippen LogP contribution in [-0.4, -0.2) is 53.9 Å². The van der Waals surface area contributed by atoms with Crippen molar-refractivity contribution in [2.24, 2.45) is 0 Å². The van der Waals surface area contributed by atoms with E-state index in [0.717, 1.165) is 18.2 Å². The molecule has 2 amide bonds. The molecule has 0 aliphatic carbocycles. The summed E-state index contributed by atoms with van der Waals surface area (Å²) in [4.78, 5) is 14.3. The number of benzene rings is 3. The van der Waals surface area contributed by atoms with Crippen molar-refractivity contribution in [2.45, 2.75) is 36.4 Å². The molecule has 2 bridgehead atoms. The van der Waals surface area contributed by atoms with Crippen molar-refractivity contribution in [1.82, 2.24) is 9.21 Å². The molecule has 2 heterocycles. The third kappa shape index (κ3) is 5.19. The first kappa shape index (κ1) is 26.7. The summed E-state index contributed by atoms with van der Waals surface area (Å²) in [5, 5.41) is 15.3. The molecule has 0 aromatic heterocycles. The zero-order valence-electron chi connectivity index (χ0n) is 20.1. The number of halogens is 3. The number of piperazine rings is 1. The highest BCUT2D eigenvalue weighted by Gasteiger charge is 2.48. The van der Waals surface area contributed by atoms with E-state index < -0.39 is 32.5 Å². The second kappa shape index (κ2) is 10.7. The summed E-state index contributed by atoms with van der Waals surface area (Å²) in [5.41, 5.74) is 0.990. The number of amides is 2. The van der Waals surface area contributed by atoms with Crippen LogP contribution in [0.4, 0.5) is 20.6 Å². The van der Waals surface area contributed by atoms with E-state index in [2.05, 4.69) is 15.5 Å². The number of nitrogens with zero attached hydrogens (tertiary/aromatic N) is 2. The Labute approximate surface area is 230 Å². The number of rotatable bonds is 6. The topological polar surface area (TPSA) is 102 Å². The van der Waals surface area contributed by atoms with E-state index in [4.69, 9.17) is 23.2 Å². The first-order valence-electron chi connectivity index (χ1n) is 12.0. The van der Waals surface area contributed by atoms with Crippen LogP contribution in [0.5, 0.6) is 5.75 Å². The van der Waals surface area contributed by atoms with E-state index in [1.807, 2.05) is 30.3 Å². The molecule has 2 aliphatic heterocycles. The number of carbonyl (C=O) groups is 1. The van der Waals surface area contributed by atoms with Crippen LogP contribution < -0.4 is 10.6 Å². The fourth-order valence-electron chi connectivity index (χ4n) is 5.19. The van der Waals surface area contributed by atoms with Gasteiger partial charge in [-0.3, -0.25) is 4.90 Å². The molecule has 0 spiro atoms. The largest absolute Gasteiger partial charge is 0.504 e. The van der Waals surface area contributed by atoms with Gasteiger partial charge in [0.05, 0.1) is 21.4 Å². The molecule has 3 aromatic carbocycles. The van der Waals surface area contributed by atoms with Gasteiger partial charge in [0.15, 0.2) is 5.75 Å². The van der Waals surface area contributed by atoms with Gasteiger partial charge in [-0.1, -0.05) is 59.6 Å². The number of urea groups is 1. The van der Waals surface area contributed by atoms with Crippen LogP contribution in [0.3, 0.4) is 0 Å². The van der Waals surface area contributed by atoms with Crippen LogP contribution in [0.2, 0.25) is 10.0 Å². The highest BCUT2D eigenvalue weighted by atomic mass is 35.5. The number of sulfonamides is 1. The fraction of sp³-hybridized carbons (Fsp3) is 0.269. The SMILES string of the molecule is O=C(Nc1ccc(Cl)c(S(=O)(=O)N2C3CCC2CN(Cc2ccccc2)C3)c1O)Nc1cccc(F)c1Cl. The van der Waals surface area contributed by atoms with E-state index in [0.29, 0.717) is 25.9 Å². The van der Waals surface area contributed by atoms with E-state index in [9.17, 15) is 22.7 Å². The monoisotopic (exact) mass is 578 g/mol. The number of phenols is 1. The summed E-state index contributed by atoms with van der Waals surface area (Å²) in [7, 11) is -4.20. The predicted octanol–water partition coefficient (Wildman–Crippen LogP) is 5.52. The third-order valence-corrected chi connectivity index (χ3v) is 9.70. The Morgan fingerprint density at radius 1 is 0.947 bits per heavy atom. The van der Waals surface area contributed by atoms with Gasteiger partial charge in [-0.25, -0.2) is 17.6 Å². The molecule has 2 fully saturated rings. The van der Waals surface area contributed by atoms with E-state index in [-0.39, 0.29) is 33.5 Å². The summed E-state index contributed by atoms with van der Waals surface area (Å²) in [6, 6.07) is 15.1. The normalized spacial score (nSPS) is 19.9. The lowest BCUT2D eigenvalue weighted by molar-refractivity contribution is 0.123. The highest BCUT2D eigenvalue weighted by Crippen LogP contribution is 2.43. The lowest BCUT2D eigenvalue weighted by Crippen LogP contribution is -2.55. The maximum atomic E-state index is 13.8. The molecule has 3 N–H and O–H groups in total. The van der Waals surface area contributed by atoms with Crippen molar-refractivity contribution in [3.8, 4) is 5.75 Å². The van der Waals surface area contributed by atoms with Crippen LogP contribution >= 0.6 is 23.2 Å². The van der Waals surface area contributed by atoms with Crippen molar-refractivity contribution in [3.63, 3.8) is 0 Å². The van der Waals surface area contributed by atoms with Crippen molar-refractivity contribution < 1.29 is 22.7 Å². The minimum Gasteiger partial charge on any atom is -0.504 e. The van der Waals surface area contributed by atoms with E-state index in [1.54, 1.807) is 0 Å². The molecule has 5 rings (SSSR count). The number of aromatic hydroxyl groups is 1. The smallest absolute Gasteiger partial charge is 0.323 e. The second-order valence-electron chi connectivity index (χ2n) is 9.35. The van der Waals surface area contributed by atoms with Crippen LogP contribution in [0, 0.1) is 5.82 Å². The van der Waals surface area contributed by atoms with Gasteiger partial charge >= 0.3 is 6.03 Å². The number of hydrogen-bond acceptors (Lipinski definition) is 5. The second-order valence-corrected chi connectivity index (χ2v) is 11.9. The van der Waals surface area contributed by atoms with Gasteiger partial charge in [-0.05, 0) is 42.7 Å². The van der Waals surface area contributed by atoms with Crippen molar-refractivity contribution in [2.75, 3.05) is 23.7 Å². The first-order chi connectivity index (χ1) is 18.1. The van der Waals surface area contributed by atoms with Gasteiger partial charge in [0.25, 0.3) is 0 Å². The molecule has 0 radical (unpaired) electrons. The average molecular weight is 579 g/mol. The molecule has 8 nitrogen and oxygen atoms in total. The summed E-state index contributed by atoms with van der Waals surface area (Å²) in [5.74, 6) is -1.39. The predicted molar refractivity (Wildman–Crippen MR) is 145 cm³/mol. The third-order valence-electron chi connectivity index (χ3n) is 6.81. The molecule has 2 atom stereocenters. The summed E-state index contributed by atoms with van der Waals surface area (Å²) in [6.07, 6.45) is 1.39. The van der Waals surface area contributed by atoms with Gasteiger partial charge in [-0.15, -0.1) is 0 Å². The van der Waals surface area contributed by atoms with Gasteiger partial charge < -0.3 is 15.7 Å². The summed E-state index contributed by atoms with van der Waals surface area (Å²) < 4.78 is 42.8. The first-order valence-corrected chi connectivity index (χ1v) is 14.2. The van der Waals surface area contributed by atoms with Crippen molar-refractivity contribution in [3.05, 3.63) is 82.1 Å². The molecular formula is C26H25Cl2FN4O4S. The zero-order chi connectivity index (χ0) is 27.0. The molecular weight excluding hydrogens is 554 g/mol. The molecule has 2 unspecified atom stereocenters. The minimum absolute atomic E-state index is 0.00964. The molecule has 0 saturated carbocycles. The van der Waals surface area contributed by atoms with Gasteiger partial charge in [-0.2, -0.15) is 4.31 Å².